The quantitative estimate of drug-likeness (QED) is 0.791. The number of aliphatic carboxylic acids is 1. The minimum absolute atomic E-state index is 0.0469. The summed E-state index contributed by atoms with van der Waals surface area (Å²) >= 11 is 0. The van der Waals surface area contributed by atoms with Crippen LogP contribution in [0.15, 0.2) is 0 Å². The Morgan fingerprint density at radius 3 is 2.71 bits per heavy atom. The van der Waals surface area contributed by atoms with Crippen molar-refractivity contribution >= 4 is 11.9 Å². The molecule has 0 amide bonds. The molecular formula is C17H24O4. The van der Waals surface area contributed by atoms with Crippen molar-refractivity contribution in [2.24, 2.45) is 34.5 Å². The normalized spacial score (nSPS) is 46.5. The highest BCUT2D eigenvalue weighted by Gasteiger charge is 2.84. The molecule has 0 aromatic heterocycles. The Labute approximate surface area is 125 Å². The number of rotatable bonds is 5. The molecule has 4 aliphatic carbocycles. The first-order valence-corrected chi connectivity index (χ1v) is 8.31. The monoisotopic (exact) mass is 292 g/mol. The number of fused-ring (bicyclic) bond motifs is 1. The summed E-state index contributed by atoms with van der Waals surface area (Å²) in [6.45, 7) is 3.84. The van der Waals surface area contributed by atoms with Gasteiger partial charge in [0.1, 0.15) is 6.10 Å². The Hall–Kier alpha value is -1.06. The van der Waals surface area contributed by atoms with Crippen LogP contribution in [0.25, 0.3) is 0 Å². The minimum atomic E-state index is -0.892. The third-order valence-electron chi connectivity index (χ3n) is 6.98. The lowest BCUT2D eigenvalue weighted by Gasteiger charge is -2.46. The van der Waals surface area contributed by atoms with E-state index in [-0.39, 0.29) is 29.1 Å². The van der Waals surface area contributed by atoms with Gasteiger partial charge in [-0.05, 0) is 61.2 Å². The lowest BCUT2D eigenvalue weighted by atomic mass is 9.58. The topological polar surface area (TPSA) is 63.6 Å². The molecule has 6 atom stereocenters. The van der Waals surface area contributed by atoms with E-state index < -0.39 is 12.1 Å². The number of hydrogen-bond donors (Lipinski definition) is 1. The van der Waals surface area contributed by atoms with Crippen LogP contribution in [-0.2, 0) is 14.3 Å². The number of carboxylic acids is 1. The molecule has 4 fully saturated rings. The molecule has 0 aliphatic heterocycles. The number of carbonyl (C=O) groups excluding carboxylic acids is 1. The molecule has 1 N–H and O–H groups in total. The van der Waals surface area contributed by atoms with Gasteiger partial charge in [-0.3, -0.25) is 9.59 Å². The van der Waals surface area contributed by atoms with Gasteiger partial charge in [-0.1, -0.05) is 13.8 Å². The minimum Gasteiger partial charge on any atom is -0.481 e. The van der Waals surface area contributed by atoms with Crippen LogP contribution in [0.1, 0.15) is 52.4 Å². The van der Waals surface area contributed by atoms with Gasteiger partial charge in [-0.15, -0.1) is 0 Å². The molecule has 4 aliphatic rings. The van der Waals surface area contributed by atoms with Crippen molar-refractivity contribution in [3.8, 4) is 0 Å². The molecule has 0 aromatic rings. The van der Waals surface area contributed by atoms with Gasteiger partial charge in [0.25, 0.3) is 0 Å². The van der Waals surface area contributed by atoms with Gasteiger partial charge in [-0.2, -0.15) is 0 Å². The molecule has 116 valence electrons. The Morgan fingerprint density at radius 1 is 1.29 bits per heavy atom. The van der Waals surface area contributed by atoms with E-state index >= 15 is 0 Å². The van der Waals surface area contributed by atoms with Gasteiger partial charge in [0, 0.05) is 0 Å². The van der Waals surface area contributed by atoms with Crippen molar-refractivity contribution in [3.05, 3.63) is 0 Å². The summed E-state index contributed by atoms with van der Waals surface area (Å²) < 4.78 is 5.70. The number of ether oxygens (including phenoxy) is 1. The number of hydrogen-bond acceptors (Lipinski definition) is 3. The molecule has 4 saturated carbocycles. The van der Waals surface area contributed by atoms with E-state index in [1.807, 2.05) is 13.8 Å². The molecule has 0 radical (unpaired) electrons. The van der Waals surface area contributed by atoms with Crippen LogP contribution in [0.2, 0.25) is 0 Å². The SMILES string of the molecule is CC(C)C(CC(=O)O)OC(=O)C12CC3CC4CC1(C2)C4C3. The molecule has 4 heteroatoms. The summed E-state index contributed by atoms with van der Waals surface area (Å²) in [6, 6.07) is 0. The van der Waals surface area contributed by atoms with E-state index in [0.717, 1.165) is 24.7 Å². The smallest absolute Gasteiger partial charge is 0.312 e. The summed E-state index contributed by atoms with van der Waals surface area (Å²) in [7, 11) is 0. The molecule has 0 aromatic carbocycles. The maximum atomic E-state index is 12.8. The van der Waals surface area contributed by atoms with E-state index in [9.17, 15) is 9.59 Å². The first-order valence-electron chi connectivity index (χ1n) is 8.31. The summed E-state index contributed by atoms with van der Waals surface area (Å²) in [5, 5.41) is 8.99. The predicted octanol–water partition coefficient (Wildman–Crippen LogP) is 2.86. The summed E-state index contributed by atoms with van der Waals surface area (Å²) in [6.07, 6.45) is 5.28. The van der Waals surface area contributed by atoms with Crippen LogP contribution in [-0.4, -0.2) is 23.1 Å². The molecular weight excluding hydrogens is 268 g/mol. The third kappa shape index (κ3) is 1.62. The average molecular weight is 292 g/mol. The highest BCUT2D eigenvalue weighted by molar-refractivity contribution is 5.83. The number of carbonyl (C=O) groups is 2. The van der Waals surface area contributed by atoms with Gasteiger partial charge in [0.05, 0.1) is 11.8 Å². The van der Waals surface area contributed by atoms with Crippen molar-refractivity contribution in [2.75, 3.05) is 0 Å². The second kappa shape index (κ2) is 4.02. The van der Waals surface area contributed by atoms with Crippen molar-refractivity contribution in [3.63, 3.8) is 0 Å². The van der Waals surface area contributed by atoms with Crippen molar-refractivity contribution in [1.82, 2.24) is 0 Å². The van der Waals surface area contributed by atoms with Crippen molar-refractivity contribution < 1.29 is 19.4 Å². The first kappa shape index (κ1) is 13.6. The second-order valence-corrected chi connectivity index (χ2v) is 8.31. The van der Waals surface area contributed by atoms with Gasteiger partial charge >= 0.3 is 11.9 Å². The number of carboxylic acid groups (broad SMARTS) is 1. The summed E-state index contributed by atoms with van der Waals surface area (Å²) in [5.74, 6) is 1.41. The van der Waals surface area contributed by atoms with E-state index in [1.54, 1.807) is 0 Å². The van der Waals surface area contributed by atoms with Gasteiger partial charge in [-0.25, -0.2) is 0 Å². The van der Waals surface area contributed by atoms with Crippen molar-refractivity contribution in [1.29, 1.82) is 0 Å². The Kier molecular flexibility index (Phi) is 2.60. The molecule has 0 heterocycles. The highest BCUT2D eigenvalue weighted by Crippen LogP contribution is 2.87. The maximum Gasteiger partial charge on any atom is 0.312 e. The zero-order chi connectivity index (χ0) is 15.0. The lowest BCUT2D eigenvalue weighted by molar-refractivity contribution is -0.166. The van der Waals surface area contributed by atoms with E-state index in [0.29, 0.717) is 5.92 Å². The van der Waals surface area contributed by atoms with Crippen LogP contribution in [0.4, 0.5) is 0 Å². The fourth-order valence-corrected chi connectivity index (χ4v) is 5.98. The Balaban J connectivity index is 1.50. The summed E-state index contributed by atoms with van der Waals surface area (Å²) in [5.41, 5.74) is 0.0196. The molecule has 21 heavy (non-hydrogen) atoms. The fourth-order valence-electron chi connectivity index (χ4n) is 5.98. The number of esters is 1. The largest absolute Gasteiger partial charge is 0.481 e. The van der Waals surface area contributed by atoms with Gasteiger partial charge in [0.2, 0.25) is 0 Å². The van der Waals surface area contributed by atoms with Crippen molar-refractivity contribution in [2.45, 2.75) is 58.5 Å². The fraction of sp³-hybridized carbons (Fsp3) is 0.882. The molecule has 2 bridgehead atoms. The third-order valence-corrected chi connectivity index (χ3v) is 6.98. The molecule has 4 rings (SSSR count). The van der Waals surface area contributed by atoms with E-state index in [1.165, 1.54) is 19.3 Å². The van der Waals surface area contributed by atoms with E-state index in [4.69, 9.17) is 9.84 Å². The first-order chi connectivity index (χ1) is 9.88. The van der Waals surface area contributed by atoms with Gasteiger partial charge in [0.15, 0.2) is 0 Å². The zero-order valence-corrected chi connectivity index (χ0v) is 12.8. The van der Waals surface area contributed by atoms with Crippen LogP contribution < -0.4 is 0 Å². The Bertz CT molecular complexity index is 513. The standard InChI is InChI=1S/C17H24O4/c1-9(2)13(5-14(18)19)21-15(20)17-6-10-3-11-7-16(17,8-17)12(11)4-10/h9-13H,3-8H2,1-2H3,(H,18,19). The lowest BCUT2D eigenvalue weighted by Crippen LogP contribution is -2.44. The second-order valence-electron chi connectivity index (χ2n) is 8.31. The zero-order valence-electron chi connectivity index (χ0n) is 12.8. The average Bonchev–Trinajstić information content (AvgIpc) is 2.99. The van der Waals surface area contributed by atoms with E-state index in [2.05, 4.69) is 0 Å². The Morgan fingerprint density at radius 2 is 2.05 bits per heavy atom. The van der Waals surface area contributed by atoms with Crippen LogP contribution in [0.3, 0.4) is 0 Å². The summed E-state index contributed by atoms with van der Waals surface area (Å²) in [4.78, 5) is 23.7. The van der Waals surface area contributed by atoms with Crippen LogP contribution in [0.5, 0.6) is 0 Å². The highest BCUT2D eigenvalue weighted by atomic mass is 16.5. The van der Waals surface area contributed by atoms with Crippen LogP contribution in [0, 0.1) is 34.5 Å². The van der Waals surface area contributed by atoms with Gasteiger partial charge < -0.3 is 9.84 Å². The molecule has 6 unspecified atom stereocenters. The predicted molar refractivity (Wildman–Crippen MR) is 75.4 cm³/mol. The molecule has 1 spiro atoms. The molecule has 0 saturated heterocycles. The van der Waals surface area contributed by atoms with Crippen LogP contribution >= 0.6 is 0 Å². The maximum absolute atomic E-state index is 12.8. The molecule has 4 nitrogen and oxygen atoms in total.